The molecule has 0 spiro atoms. The number of nitrogens with two attached hydrogens (primary N) is 1. The summed E-state index contributed by atoms with van der Waals surface area (Å²) in [6.45, 7) is 3.28. The van der Waals surface area contributed by atoms with Crippen LogP contribution in [0, 0.1) is 0 Å². The number of halogens is 1. The van der Waals surface area contributed by atoms with E-state index in [-0.39, 0.29) is 0 Å². The van der Waals surface area contributed by atoms with Crippen molar-refractivity contribution in [1.29, 1.82) is 0 Å². The number of nitrogens with zero attached hydrogens (tertiary/aromatic N) is 1. The summed E-state index contributed by atoms with van der Waals surface area (Å²) in [5.41, 5.74) is 7.74. The monoisotopic (exact) mass is 326 g/mol. The Balaban J connectivity index is 2.01. The van der Waals surface area contributed by atoms with E-state index in [1.54, 1.807) is 0 Å². The van der Waals surface area contributed by atoms with Gasteiger partial charge in [-0.05, 0) is 49.5 Å². The lowest BCUT2D eigenvalue weighted by atomic mass is 10.0. The number of carboxylic acids is 1. The van der Waals surface area contributed by atoms with Crippen LogP contribution in [0.1, 0.15) is 24.0 Å². The van der Waals surface area contributed by atoms with Crippen molar-refractivity contribution >= 4 is 21.9 Å². The third kappa shape index (κ3) is 4.03. The zero-order chi connectivity index (χ0) is 13.8. The highest BCUT2D eigenvalue weighted by molar-refractivity contribution is 9.10. The number of aliphatic carboxylic acids is 1. The molecule has 1 aromatic carbocycles. The van der Waals surface area contributed by atoms with E-state index in [2.05, 4.69) is 26.9 Å². The second-order valence-electron chi connectivity index (χ2n) is 5.06. The summed E-state index contributed by atoms with van der Waals surface area (Å²) in [6.07, 6.45) is 2.92. The molecule has 5 heteroatoms. The van der Waals surface area contributed by atoms with Gasteiger partial charge >= 0.3 is 5.97 Å². The van der Waals surface area contributed by atoms with E-state index in [1.165, 1.54) is 18.4 Å². The molecule has 0 aromatic heterocycles. The fraction of sp³-hybridized carbons (Fsp3) is 0.500. The molecule has 0 saturated carbocycles. The van der Waals surface area contributed by atoms with Gasteiger partial charge in [0.2, 0.25) is 0 Å². The van der Waals surface area contributed by atoms with E-state index in [4.69, 9.17) is 10.8 Å². The fourth-order valence-corrected chi connectivity index (χ4v) is 2.92. The second-order valence-corrected chi connectivity index (χ2v) is 5.91. The van der Waals surface area contributed by atoms with Gasteiger partial charge in [0.15, 0.2) is 0 Å². The molecule has 1 fully saturated rings. The maximum atomic E-state index is 10.7. The molecule has 104 valence electrons. The van der Waals surface area contributed by atoms with Gasteiger partial charge in [-0.2, -0.15) is 0 Å². The van der Waals surface area contributed by atoms with Crippen molar-refractivity contribution in [3.05, 3.63) is 33.8 Å². The predicted molar refractivity (Wildman–Crippen MR) is 78.0 cm³/mol. The average Bonchev–Trinajstić information content (AvgIpc) is 2.85. The highest BCUT2D eigenvalue weighted by Gasteiger charge is 2.15. The maximum absolute atomic E-state index is 10.7. The first-order valence-electron chi connectivity index (χ1n) is 6.54. The third-order valence-corrected chi connectivity index (χ3v) is 4.22. The number of carbonyl (C=O) groups is 1. The number of carboxylic acid groups (broad SMARTS) is 1. The highest BCUT2D eigenvalue weighted by atomic mass is 79.9. The average molecular weight is 327 g/mol. The predicted octanol–water partition coefficient (Wildman–Crippen LogP) is 2.00. The Hall–Kier alpha value is -0.910. The first kappa shape index (κ1) is 14.5. The summed E-state index contributed by atoms with van der Waals surface area (Å²) in [6, 6.07) is 5.18. The molecule has 1 saturated heterocycles. The Kier molecular flexibility index (Phi) is 4.96. The lowest BCUT2D eigenvalue weighted by Crippen LogP contribution is -2.32. The van der Waals surface area contributed by atoms with E-state index in [1.807, 2.05) is 12.1 Å². The summed E-state index contributed by atoms with van der Waals surface area (Å²) in [7, 11) is 0. The van der Waals surface area contributed by atoms with E-state index >= 15 is 0 Å². The van der Waals surface area contributed by atoms with E-state index in [0.717, 1.165) is 29.7 Å². The molecular formula is C14H19BrN2O2. The Morgan fingerprint density at radius 2 is 2.11 bits per heavy atom. The van der Waals surface area contributed by atoms with Crippen molar-refractivity contribution in [2.75, 3.05) is 13.1 Å². The maximum Gasteiger partial charge on any atom is 0.320 e. The topological polar surface area (TPSA) is 66.6 Å². The van der Waals surface area contributed by atoms with Crippen LogP contribution in [0.3, 0.4) is 0 Å². The van der Waals surface area contributed by atoms with E-state index in [0.29, 0.717) is 6.42 Å². The molecule has 0 aliphatic carbocycles. The van der Waals surface area contributed by atoms with E-state index in [9.17, 15) is 4.79 Å². The molecule has 1 aliphatic rings. The SMILES string of the molecule is NC(Cc1ccc(CN2CCCC2)c(Br)c1)C(=O)O. The van der Waals surface area contributed by atoms with Crippen molar-refractivity contribution in [3.63, 3.8) is 0 Å². The van der Waals surface area contributed by atoms with Crippen LogP contribution < -0.4 is 5.73 Å². The molecule has 1 unspecified atom stereocenters. The minimum Gasteiger partial charge on any atom is -0.480 e. The summed E-state index contributed by atoms with van der Waals surface area (Å²) in [5, 5.41) is 8.81. The highest BCUT2D eigenvalue weighted by Crippen LogP contribution is 2.22. The molecule has 0 radical (unpaired) electrons. The minimum atomic E-state index is -0.961. The Morgan fingerprint density at radius 1 is 1.42 bits per heavy atom. The van der Waals surface area contributed by atoms with Crippen molar-refractivity contribution < 1.29 is 9.90 Å². The van der Waals surface area contributed by atoms with Gasteiger partial charge in [0.05, 0.1) is 0 Å². The van der Waals surface area contributed by atoms with Crippen molar-refractivity contribution in [1.82, 2.24) is 4.90 Å². The van der Waals surface area contributed by atoms with Crippen LogP contribution >= 0.6 is 15.9 Å². The molecule has 0 bridgehead atoms. The van der Waals surface area contributed by atoms with Crippen molar-refractivity contribution in [2.45, 2.75) is 31.8 Å². The van der Waals surface area contributed by atoms with Gasteiger partial charge in [-0.3, -0.25) is 9.69 Å². The standard InChI is InChI=1S/C14H19BrN2O2/c15-12-7-10(8-13(16)14(18)19)3-4-11(12)9-17-5-1-2-6-17/h3-4,7,13H,1-2,5-6,8-9,16H2,(H,18,19). The first-order chi connectivity index (χ1) is 9.06. The normalized spacial score (nSPS) is 17.6. The van der Waals surface area contributed by atoms with Crippen molar-refractivity contribution in [3.8, 4) is 0 Å². The Bertz CT molecular complexity index is 459. The van der Waals surface area contributed by atoms with Crippen LogP contribution in [-0.2, 0) is 17.8 Å². The van der Waals surface area contributed by atoms with Gasteiger partial charge in [-0.1, -0.05) is 28.1 Å². The molecule has 4 nitrogen and oxygen atoms in total. The minimum absolute atomic E-state index is 0.359. The van der Waals surface area contributed by atoms with Gasteiger partial charge in [0, 0.05) is 11.0 Å². The molecule has 1 atom stereocenters. The fourth-order valence-electron chi connectivity index (χ4n) is 2.37. The van der Waals surface area contributed by atoms with E-state index < -0.39 is 12.0 Å². The van der Waals surface area contributed by atoms with Crippen LogP contribution in [0.15, 0.2) is 22.7 Å². The molecule has 3 N–H and O–H groups in total. The van der Waals surface area contributed by atoms with Crippen molar-refractivity contribution in [2.24, 2.45) is 5.73 Å². The lowest BCUT2D eigenvalue weighted by molar-refractivity contribution is -0.138. The molecular weight excluding hydrogens is 308 g/mol. The first-order valence-corrected chi connectivity index (χ1v) is 7.33. The largest absolute Gasteiger partial charge is 0.480 e. The lowest BCUT2D eigenvalue weighted by Gasteiger charge is -2.16. The quantitative estimate of drug-likeness (QED) is 0.868. The summed E-state index contributed by atoms with van der Waals surface area (Å²) >= 11 is 3.57. The van der Waals surface area contributed by atoms with Crippen LogP contribution in [0.5, 0.6) is 0 Å². The molecule has 19 heavy (non-hydrogen) atoms. The van der Waals surface area contributed by atoms with Crippen LogP contribution in [0.4, 0.5) is 0 Å². The third-order valence-electron chi connectivity index (χ3n) is 3.48. The Morgan fingerprint density at radius 3 is 2.68 bits per heavy atom. The van der Waals surface area contributed by atoms with Gasteiger partial charge < -0.3 is 10.8 Å². The number of hydrogen-bond acceptors (Lipinski definition) is 3. The summed E-state index contributed by atoms with van der Waals surface area (Å²) in [4.78, 5) is 13.2. The molecule has 1 heterocycles. The van der Waals surface area contributed by atoms with Crippen LogP contribution in [-0.4, -0.2) is 35.1 Å². The molecule has 2 rings (SSSR count). The number of rotatable bonds is 5. The van der Waals surface area contributed by atoms with Gasteiger partial charge in [0.1, 0.15) is 6.04 Å². The van der Waals surface area contributed by atoms with Gasteiger partial charge in [-0.15, -0.1) is 0 Å². The zero-order valence-corrected chi connectivity index (χ0v) is 12.4. The number of hydrogen-bond donors (Lipinski definition) is 2. The van der Waals surface area contributed by atoms with Gasteiger partial charge in [-0.25, -0.2) is 0 Å². The number of likely N-dealkylation sites (tertiary alicyclic amines) is 1. The van der Waals surface area contributed by atoms with Crippen LogP contribution in [0.2, 0.25) is 0 Å². The van der Waals surface area contributed by atoms with Crippen LogP contribution in [0.25, 0.3) is 0 Å². The zero-order valence-electron chi connectivity index (χ0n) is 10.8. The summed E-state index contributed by atoms with van der Waals surface area (Å²) < 4.78 is 1.04. The summed E-state index contributed by atoms with van der Waals surface area (Å²) in [5.74, 6) is -0.961. The second kappa shape index (κ2) is 6.50. The smallest absolute Gasteiger partial charge is 0.320 e. The molecule has 1 aromatic rings. The van der Waals surface area contributed by atoms with Gasteiger partial charge in [0.25, 0.3) is 0 Å². The Labute approximate surface area is 121 Å². The number of benzene rings is 1. The molecule has 0 amide bonds. The molecule has 1 aliphatic heterocycles.